The van der Waals surface area contributed by atoms with Crippen molar-refractivity contribution in [3.05, 3.63) is 11.6 Å². The van der Waals surface area contributed by atoms with Crippen LogP contribution in [0.1, 0.15) is 85.5 Å². The van der Waals surface area contributed by atoms with Crippen LogP contribution in [0.5, 0.6) is 0 Å². The monoisotopic (exact) mass is 430 g/mol. The molecule has 0 aromatic carbocycles. The van der Waals surface area contributed by atoms with Crippen molar-refractivity contribution < 1.29 is 19.4 Å². The first-order valence-electron chi connectivity index (χ1n) is 12.6. The highest BCUT2D eigenvalue weighted by Crippen LogP contribution is 2.68. The maximum Gasteiger partial charge on any atom is 0.305 e. The Morgan fingerprint density at radius 3 is 2.52 bits per heavy atom. The molecule has 0 radical (unpaired) electrons. The summed E-state index contributed by atoms with van der Waals surface area (Å²) in [6.07, 6.45) is 10.4. The van der Waals surface area contributed by atoms with Crippen molar-refractivity contribution in [1.82, 2.24) is 0 Å². The molecule has 4 aliphatic rings. The number of aliphatic hydroxyl groups is 1. The second-order valence-electron chi connectivity index (χ2n) is 11.7. The molecule has 0 heterocycles. The zero-order valence-corrected chi connectivity index (χ0v) is 20.2. The second-order valence-corrected chi connectivity index (χ2v) is 11.7. The van der Waals surface area contributed by atoms with E-state index in [0.717, 1.165) is 44.1 Å². The fourth-order valence-electron chi connectivity index (χ4n) is 8.81. The van der Waals surface area contributed by atoms with Gasteiger partial charge in [0, 0.05) is 12.3 Å². The molecule has 9 atom stereocenters. The van der Waals surface area contributed by atoms with Crippen LogP contribution in [0.15, 0.2) is 11.6 Å². The summed E-state index contributed by atoms with van der Waals surface area (Å²) in [5.41, 5.74) is 1.33. The lowest BCUT2D eigenvalue weighted by atomic mass is 9.43. The van der Waals surface area contributed by atoms with Gasteiger partial charge in [-0.1, -0.05) is 26.8 Å². The summed E-state index contributed by atoms with van der Waals surface area (Å²) in [6, 6.07) is 0. The number of ether oxygens (including phenoxy) is 1. The molecule has 4 nitrogen and oxygen atoms in total. The smallest absolute Gasteiger partial charge is 0.305 e. The van der Waals surface area contributed by atoms with Crippen molar-refractivity contribution in [3.8, 4) is 0 Å². The predicted octanol–water partition coefficient (Wildman–Crippen LogP) is 5.33. The summed E-state index contributed by atoms with van der Waals surface area (Å²) in [6.45, 7) is 9.18. The number of carbonyl (C=O) groups excluding carboxylic acids is 2. The van der Waals surface area contributed by atoms with Crippen LogP contribution in [0, 0.1) is 46.3 Å². The van der Waals surface area contributed by atoms with E-state index in [1.54, 1.807) is 0 Å². The van der Waals surface area contributed by atoms with Gasteiger partial charge in [-0.05, 0) is 104 Å². The highest BCUT2D eigenvalue weighted by atomic mass is 16.5. The number of hydrogen-bond donors (Lipinski definition) is 1. The van der Waals surface area contributed by atoms with Crippen molar-refractivity contribution in [2.24, 2.45) is 46.3 Å². The lowest BCUT2D eigenvalue weighted by Crippen LogP contribution is -2.58. The Bertz CT molecular complexity index is 756. The first-order valence-corrected chi connectivity index (χ1v) is 12.6. The summed E-state index contributed by atoms with van der Waals surface area (Å²) < 4.78 is 4.87. The third-order valence-corrected chi connectivity index (χ3v) is 10.5. The summed E-state index contributed by atoms with van der Waals surface area (Å²) in [5.74, 6) is 2.57. The molecule has 0 unspecified atom stereocenters. The van der Waals surface area contributed by atoms with Gasteiger partial charge in [0.25, 0.3) is 0 Å². The van der Waals surface area contributed by atoms with E-state index in [-0.39, 0.29) is 34.7 Å². The van der Waals surface area contributed by atoms with E-state index in [2.05, 4.69) is 26.8 Å². The Kier molecular flexibility index (Phi) is 6.17. The largest absolute Gasteiger partial charge is 0.469 e. The van der Waals surface area contributed by atoms with E-state index >= 15 is 0 Å². The Labute approximate surface area is 188 Å². The highest BCUT2D eigenvalue weighted by Gasteiger charge is 2.64. The van der Waals surface area contributed by atoms with Crippen molar-refractivity contribution in [2.45, 2.75) is 91.6 Å². The predicted molar refractivity (Wildman–Crippen MR) is 121 cm³/mol. The summed E-state index contributed by atoms with van der Waals surface area (Å²) >= 11 is 0. The van der Waals surface area contributed by atoms with Crippen LogP contribution in [0.3, 0.4) is 0 Å². The van der Waals surface area contributed by atoms with E-state index in [1.807, 2.05) is 6.92 Å². The quantitative estimate of drug-likeness (QED) is 0.484. The van der Waals surface area contributed by atoms with Crippen molar-refractivity contribution >= 4 is 11.8 Å². The Balaban J connectivity index is 1.61. The zero-order chi connectivity index (χ0) is 22.6. The number of carbonyl (C=O) groups is 2. The maximum atomic E-state index is 13.9. The third kappa shape index (κ3) is 3.52. The molecule has 0 spiro atoms. The van der Waals surface area contributed by atoms with Crippen molar-refractivity contribution in [3.63, 3.8) is 0 Å². The van der Waals surface area contributed by atoms with Crippen LogP contribution in [-0.2, 0) is 14.3 Å². The molecule has 0 aromatic rings. The number of methoxy groups -OCH3 is 1. The summed E-state index contributed by atoms with van der Waals surface area (Å²) in [5, 5.41) is 10.4. The summed E-state index contributed by atoms with van der Waals surface area (Å²) in [4.78, 5) is 25.6. The minimum atomic E-state index is -0.266. The van der Waals surface area contributed by atoms with Crippen LogP contribution in [-0.4, -0.2) is 30.1 Å². The first kappa shape index (κ1) is 23.0. The molecule has 4 rings (SSSR count). The van der Waals surface area contributed by atoms with E-state index in [9.17, 15) is 14.7 Å². The van der Waals surface area contributed by atoms with Gasteiger partial charge in [0.15, 0.2) is 5.78 Å². The molecule has 4 heteroatoms. The van der Waals surface area contributed by atoms with Gasteiger partial charge in [-0.2, -0.15) is 0 Å². The number of Topliss-reactive ketones (excluding diaryl/α,β-unsaturated/α-hetero) is 1. The minimum Gasteiger partial charge on any atom is -0.469 e. The first-order chi connectivity index (χ1) is 14.7. The lowest BCUT2D eigenvalue weighted by molar-refractivity contribution is -0.150. The molecule has 0 aliphatic heterocycles. The Morgan fingerprint density at radius 1 is 1.16 bits per heavy atom. The third-order valence-electron chi connectivity index (χ3n) is 10.5. The van der Waals surface area contributed by atoms with Gasteiger partial charge in [0.05, 0.1) is 13.2 Å². The number of aliphatic hydroxyl groups excluding tert-OH is 1. The molecule has 4 saturated carbocycles. The molecule has 0 amide bonds. The Morgan fingerprint density at radius 2 is 1.84 bits per heavy atom. The fraction of sp³-hybridized carbons (Fsp3) is 0.852. The molecular formula is C27H42O4. The van der Waals surface area contributed by atoms with E-state index < -0.39 is 0 Å². The Hall–Kier alpha value is -1.16. The van der Waals surface area contributed by atoms with Crippen molar-refractivity contribution in [1.29, 1.82) is 0 Å². The van der Waals surface area contributed by atoms with Gasteiger partial charge in [0.1, 0.15) is 0 Å². The average Bonchev–Trinajstić information content (AvgIpc) is 3.10. The molecule has 174 valence electrons. The van der Waals surface area contributed by atoms with Crippen LogP contribution in [0.25, 0.3) is 0 Å². The van der Waals surface area contributed by atoms with E-state index in [1.165, 1.54) is 20.0 Å². The number of hydrogen-bond acceptors (Lipinski definition) is 4. The van der Waals surface area contributed by atoms with Crippen LogP contribution in [0.2, 0.25) is 0 Å². The normalized spacial score (nSPS) is 46.8. The van der Waals surface area contributed by atoms with Gasteiger partial charge >= 0.3 is 5.97 Å². The standard InChI is InChI=1S/C27H42O4/c1-6-18-22-15-17(28)11-13-27(22,4)21-12-14-26(3)19(16(2)7-10-23(29)31-5)8-9-20(26)24(21)25(18)30/h6,16-17,19-22,24,28H,7-15H2,1-5H3/b18-6+/t16-,17-,19-,20+,21+,22+,24+,26-,27-/m1/s1. The minimum absolute atomic E-state index is 0.117. The van der Waals surface area contributed by atoms with Crippen LogP contribution < -0.4 is 0 Å². The van der Waals surface area contributed by atoms with Crippen LogP contribution in [0.4, 0.5) is 0 Å². The number of esters is 1. The molecule has 31 heavy (non-hydrogen) atoms. The number of rotatable bonds is 4. The van der Waals surface area contributed by atoms with E-state index in [0.29, 0.717) is 35.9 Å². The summed E-state index contributed by atoms with van der Waals surface area (Å²) in [7, 11) is 1.47. The molecular weight excluding hydrogens is 388 g/mol. The molecule has 0 saturated heterocycles. The lowest BCUT2D eigenvalue weighted by Gasteiger charge is -2.61. The molecule has 0 bridgehead atoms. The van der Waals surface area contributed by atoms with E-state index in [4.69, 9.17) is 4.74 Å². The SMILES string of the molecule is C/C=C1/C(=O)[C@@H]2[C@H](CC[C@]3(C)[C@@H]([C@H](C)CCC(=O)OC)CC[C@@H]23)[C@@]2(C)CC[C@@H](O)C[C@@H]12. The zero-order valence-electron chi connectivity index (χ0n) is 20.2. The molecule has 0 aromatic heterocycles. The van der Waals surface area contributed by atoms with Gasteiger partial charge < -0.3 is 9.84 Å². The maximum absolute atomic E-state index is 13.9. The topological polar surface area (TPSA) is 63.6 Å². The van der Waals surface area contributed by atoms with Gasteiger partial charge in [-0.25, -0.2) is 0 Å². The van der Waals surface area contributed by atoms with Gasteiger partial charge in [-0.15, -0.1) is 0 Å². The highest BCUT2D eigenvalue weighted by molar-refractivity contribution is 5.99. The number of ketones is 1. The number of allylic oxidation sites excluding steroid dienone is 2. The van der Waals surface area contributed by atoms with Crippen molar-refractivity contribution in [2.75, 3.05) is 7.11 Å². The molecule has 4 fully saturated rings. The molecule has 4 aliphatic carbocycles. The van der Waals surface area contributed by atoms with Crippen LogP contribution >= 0.6 is 0 Å². The molecule has 1 N–H and O–H groups in total. The fourth-order valence-corrected chi connectivity index (χ4v) is 8.81. The van der Waals surface area contributed by atoms with Gasteiger partial charge in [0.2, 0.25) is 0 Å². The average molecular weight is 431 g/mol. The second kappa shape index (κ2) is 8.32. The number of fused-ring (bicyclic) bond motifs is 5. The van der Waals surface area contributed by atoms with Gasteiger partial charge in [-0.3, -0.25) is 9.59 Å².